The van der Waals surface area contributed by atoms with Gasteiger partial charge in [-0.05, 0) is 36.4 Å². The maximum atomic E-state index is 12.6. The fraction of sp³-hybridized carbons (Fsp3) is 0.136. The van der Waals surface area contributed by atoms with E-state index in [0.29, 0.717) is 22.7 Å². The molecule has 28 heavy (non-hydrogen) atoms. The number of aromatic nitrogens is 2. The molecule has 1 atom stereocenters. The number of anilines is 1. The Morgan fingerprint density at radius 3 is 2.89 bits per heavy atom. The van der Waals surface area contributed by atoms with Gasteiger partial charge in [-0.15, -0.1) is 0 Å². The highest BCUT2D eigenvalue weighted by molar-refractivity contribution is 5.95. The minimum atomic E-state index is -0.230. The zero-order valence-corrected chi connectivity index (χ0v) is 15.7. The van der Waals surface area contributed by atoms with E-state index < -0.39 is 0 Å². The molecule has 4 rings (SSSR count). The summed E-state index contributed by atoms with van der Waals surface area (Å²) >= 11 is 0. The van der Waals surface area contributed by atoms with Crippen LogP contribution in [0.3, 0.4) is 0 Å². The van der Waals surface area contributed by atoms with E-state index in [1.54, 1.807) is 6.20 Å². The number of nitrogens with zero attached hydrogens (tertiary/aromatic N) is 3. The molecule has 2 aromatic heterocycles. The van der Waals surface area contributed by atoms with Gasteiger partial charge in [-0.25, -0.2) is 4.98 Å². The summed E-state index contributed by atoms with van der Waals surface area (Å²) in [5.41, 5.74) is 3.64. The van der Waals surface area contributed by atoms with Crippen LogP contribution in [0.25, 0.3) is 16.8 Å². The molecule has 0 saturated carbocycles. The van der Waals surface area contributed by atoms with Crippen LogP contribution in [0.2, 0.25) is 0 Å². The van der Waals surface area contributed by atoms with Crippen molar-refractivity contribution in [3.8, 4) is 0 Å². The summed E-state index contributed by atoms with van der Waals surface area (Å²) in [5.74, 6) is 0.373. The Hall–Kier alpha value is -3.67. The number of nitrogens with one attached hydrogen (secondary N) is 1. The fourth-order valence-electron chi connectivity index (χ4n) is 2.90. The quantitative estimate of drug-likeness (QED) is 0.758. The molecule has 2 heterocycles. The minimum Gasteiger partial charge on any atom is -0.434 e. The molecule has 3 aromatic rings. The van der Waals surface area contributed by atoms with Gasteiger partial charge in [-0.1, -0.05) is 30.4 Å². The van der Waals surface area contributed by atoms with Crippen molar-refractivity contribution in [1.29, 1.82) is 0 Å². The molecule has 0 saturated heterocycles. The van der Waals surface area contributed by atoms with Crippen LogP contribution >= 0.6 is 0 Å². The summed E-state index contributed by atoms with van der Waals surface area (Å²) in [6.07, 6.45) is 11.2. The van der Waals surface area contributed by atoms with Gasteiger partial charge in [-0.3, -0.25) is 4.79 Å². The number of allylic oxidation sites excluding steroid dienone is 4. The third-order valence-corrected chi connectivity index (χ3v) is 4.41. The summed E-state index contributed by atoms with van der Waals surface area (Å²) in [6, 6.07) is 10.9. The molecule has 0 fully saturated rings. The second-order valence-corrected chi connectivity index (χ2v) is 6.65. The number of oxazole rings is 1. The number of fused-ring (bicyclic) bond motifs is 1. The Morgan fingerprint density at radius 1 is 1.18 bits per heavy atom. The second-order valence-electron chi connectivity index (χ2n) is 6.65. The molecule has 0 radical (unpaired) electrons. The van der Waals surface area contributed by atoms with Gasteiger partial charge in [0.15, 0.2) is 11.2 Å². The molecule has 1 amide bonds. The summed E-state index contributed by atoms with van der Waals surface area (Å²) in [6.45, 7) is 0. The van der Waals surface area contributed by atoms with Crippen molar-refractivity contribution in [3.05, 3.63) is 84.4 Å². The number of amides is 1. The smallest absolute Gasteiger partial charge is 0.252 e. The minimum absolute atomic E-state index is 0.127. The van der Waals surface area contributed by atoms with Gasteiger partial charge in [0.05, 0.1) is 6.04 Å². The lowest BCUT2D eigenvalue weighted by Crippen LogP contribution is -2.32. The molecule has 0 aliphatic heterocycles. The van der Waals surface area contributed by atoms with Crippen molar-refractivity contribution >= 4 is 28.4 Å². The van der Waals surface area contributed by atoms with Gasteiger partial charge in [0.1, 0.15) is 0 Å². The molecular formula is C22H20N4O2. The third kappa shape index (κ3) is 3.71. The van der Waals surface area contributed by atoms with Crippen LogP contribution in [0.4, 0.5) is 5.69 Å². The van der Waals surface area contributed by atoms with Crippen molar-refractivity contribution in [3.63, 3.8) is 0 Å². The van der Waals surface area contributed by atoms with Crippen LogP contribution < -0.4 is 10.2 Å². The molecule has 6 heteroatoms. The number of hydrogen-bond donors (Lipinski definition) is 1. The number of rotatable bonds is 4. The van der Waals surface area contributed by atoms with E-state index >= 15 is 0 Å². The Labute approximate surface area is 162 Å². The van der Waals surface area contributed by atoms with E-state index in [9.17, 15) is 4.79 Å². The van der Waals surface area contributed by atoms with E-state index in [-0.39, 0.29) is 11.9 Å². The van der Waals surface area contributed by atoms with Crippen molar-refractivity contribution < 1.29 is 9.21 Å². The lowest BCUT2D eigenvalue weighted by Gasteiger charge is -2.15. The van der Waals surface area contributed by atoms with Gasteiger partial charge in [0.2, 0.25) is 5.89 Å². The molecule has 140 valence electrons. The molecule has 6 nitrogen and oxygen atoms in total. The van der Waals surface area contributed by atoms with Crippen LogP contribution in [0.5, 0.6) is 0 Å². The van der Waals surface area contributed by atoms with Gasteiger partial charge in [-0.2, -0.15) is 4.98 Å². The van der Waals surface area contributed by atoms with Crippen LogP contribution in [-0.2, 0) is 0 Å². The molecule has 0 bridgehead atoms. The zero-order chi connectivity index (χ0) is 19.5. The average molecular weight is 372 g/mol. The number of hydrogen-bond acceptors (Lipinski definition) is 5. The number of carbonyl (C=O) groups excluding carboxylic acids is 1. The summed E-state index contributed by atoms with van der Waals surface area (Å²) < 4.78 is 5.77. The van der Waals surface area contributed by atoms with Crippen LogP contribution in [0.1, 0.15) is 16.2 Å². The Morgan fingerprint density at radius 2 is 2.07 bits per heavy atom. The summed E-state index contributed by atoms with van der Waals surface area (Å²) in [5, 5.41) is 3.01. The molecule has 1 aliphatic carbocycles. The first kappa shape index (κ1) is 17.7. The van der Waals surface area contributed by atoms with Crippen molar-refractivity contribution in [2.24, 2.45) is 0 Å². The van der Waals surface area contributed by atoms with Crippen LogP contribution in [-0.4, -0.2) is 36.0 Å². The Balaban J connectivity index is 1.49. The zero-order valence-electron chi connectivity index (χ0n) is 15.7. The Bertz CT molecular complexity index is 1080. The number of pyridine rings is 1. The van der Waals surface area contributed by atoms with E-state index in [0.717, 1.165) is 11.3 Å². The van der Waals surface area contributed by atoms with Gasteiger partial charge >= 0.3 is 0 Å². The predicted octanol–water partition coefficient (Wildman–Crippen LogP) is 3.60. The number of benzene rings is 1. The van der Waals surface area contributed by atoms with E-state index in [1.807, 2.05) is 85.8 Å². The second kappa shape index (κ2) is 7.52. The summed E-state index contributed by atoms with van der Waals surface area (Å²) in [4.78, 5) is 23.2. The topological polar surface area (TPSA) is 71.3 Å². The van der Waals surface area contributed by atoms with Gasteiger partial charge in [0, 0.05) is 37.1 Å². The first-order valence-electron chi connectivity index (χ1n) is 8.97. The monoisotopic (exact) mass is 372 g/mol. The van der Waals surface area contributed by atoms with Crippen LogP contribution in [0.15, 0.2) is 77.4 Å². The van der Waals surface area contributed by atoms with Crippen molar-refractivity contribution in [2.45, 2.75) is 6.04 Å². The van der Waals surface area contributed by atoms with Crippen molar-refractivity contribution in [2.75, 3.05) is 19.0 Å². The maximum Gasteiger partial charge on any atom is 0.252 e. The molecule has 1 aliphatic rings. The normalized spacial score (nSPS) is 15.9. The van der Waals surface area contributed by atoms with E-state index in [4.69, 9.17) is 4.42 Å². The fourth-order valence-corrected chi connectivity index (χ4v) is 2.90. The number of carbonyl (C=O) groups is 1. The largest absolute Gasteiger partial charge is 0.434 e. The standard InChI is InChI=1S/C22H20N4O2/c1-26(2)18-9-4-7-16(14-18)21(27)24-17-8-3-6-15(11-12-17)22-25-20-19(28-22)10-5-13-23-20/h3-14,17H,1-2H3,(H,24,27). The highest BCUT2D eigenvalue weighted by Gasteiger charge is 2.14. The van der Waals surface area contributed by atoms with E-state index in [2.05, 4.69) is 15.3 Å². The third-order valence-electron chi connectivity index (χ3n) is 4.41. The first-order chi connectivity index (χ1) is 13.6. The van der Waals surface area contributed by atoms with Gasteiger partial charge in [0.25, 0.3) is 5.91 Å². The SMILES string of the molecule is CN(C)c1cccc(C(=O)NC2C=CC=C(c3nc4ncccc4o3)C=C2)c1. The maximum absolute atomic E-state index is 12.6. The van der Waals surface area contributed by atoms with E-state index in [1.165, 1.54) is 0 Å². The molecular weight excluding hydrogens is 352 g/mol. The highest BCUT2D eigenvalue weighted by atomic mass is 16.3. The highest BCUT2D eigenvalue weighted by Crippen LogP contribution is 2.22. The molecule has 1 unspecified atom stereocenters. The average Bonchev–Trinajstić information content (AvgIpc) is 3.00. The first-order valence-corrected chi connectivity index (χ1v) is 8.97. The molecule has 0 spiro atoms. The molecule has 1 N–H and O–H groups in total. The van der Waals surface area contributed by atoms with Gasteiger partial charge < -0.3 is 14.6 Å². The lowest BCUT2D eigenvalue weighted by atomic mass is 10.1. The summed E-state index contributed by atoms with van der Waals surface area (Å²) in [7, 11) is 3.89. The molecule has 1 aromatic carbocycles. The van der Waals surface area contributed by atoms with Crippen LogP contribution in [0, 0.1) is 0 Å². The lowest BCUT2D eigenvalue weighted by molar-refractivity contribution is 0.0950. The Kier molecular flexibility index (Phi) is 4.76. The van der Waals surface area contributed by atoms with Crippen molar-refractivity contribution in [1.82, 2.24) is 15.3 Å². The predicted molar refractivity (Wildman–Crippen MR) is 110 cm³/mol.